The van der Waals surface area contributed by atoms with Gasteiger partial charge in [0.05, 0.1) is 17.7 Å². The van der Waals surface area contributed by atoms with Gasteiger partial charge in [-0.15, -0.1) is 0 Å². The van der Waals surface area contributed by atoms with Crippen LogP contribution in [0.2, 0.25) is 0 Å². The number of Topliss-reactive ketones (excluding diaryl/α,β-unsaturated/α-hetero) is 1. The van der Waals surface area contributed by atoms with E-state index in [0.29, 0.717) is 54.8 Å². The topological polar surface area (TPSA) is 122 Å². The first-order chi connectivity index (χ1) is 17.6. The molecule has 2 aromatic heterocycles. The van der Waals surface area contributed by atoms with Crippen molar-refractivity contribution in [1.82, 2.24) is 30.2 Å². The number of aromatic amines is 1. The fourth-order valence-corrected chi connectivity index (χ4v) is 5.40. The largest absolute Gasteiger partial charge is 0.383 e. The van der Waals surface area contributed by atoms with Crippen LogP contribution in [0.1, 0.15) is 76.9 Å². The Morgan fingerprint density at radius 3 is 2.65 bits per heavy atom. The summed E-state index contributed by atoms with van der Waals surface area (Å²) in [6.45, 7) is 8.18. The fourth-order valence-electron chi connectivity index (χ4n) is 5.40. The summed E-state index contributed by atoms with van der Waals surface area (Å²) >= 11 is 0. The van der Waals surface area contributed by atoms with E-state index >= 15 is 0 Å². The van der Waals surface area contributed by atoms with Crippen molar-refractivity contribution >= 4 is 28.5 Å². The Kier molecular flexibility index (Phi) is 6.39. The molecule has 1 aliphatic heterocycles. The SMILES string of the molecule is COCCNC(=O)c1n[nH]c2ccc(C(=O)N3CCC4(CC3)CC(=O)c3nn(C(C)(C)C)cc3C4)cc12. The van der Waals surface area contributed by atoms with Crippen LogP contribution < -0.4 is 5.32 Å². The Balaban J connectivity index is 1.29. The fraction of sp³-hybridized carbons (Fsp3) is 0.519. The highest BCUT2D eigenvalue weighted by atomic mass is 16.5. The number of benzene rings is 1. The van der Waals surface area contributed by atoms with E-state index in [2.05, 4.69) is 41.4 Å². The normalized spacial score (nSPS) is 17.3. The van der Waals surface area contributed by atoms with Crippen LogP contribution in [-0.2, 0) is 16.7 Å². The van der Waals surface area contributed by atoms with Gasteiger partial charge in [-0.3, -0.25) is 24.2 Å². The molecular weight excluding hydrogens is 472 g/mol. The second-order valence-electron chi connectivity index (χ2n) is 11.3. The average molecular weight is 507 g/mol. The zero-order valence-corrected chi connectivity index (χ0v) is 21.9. The van der Waals surface area contributed by atoms with Crippen molar-refractivity contribution < 1.29 is 19.1 Å². The summed E-state index contributed by atoms with van der Waals surface area (Å²) < 4.78 is 6.87. The summed E-state index contributed by atoms with van der Waals surface area (Å²) in [5, 5.41) is 15.0. The molecule has 0 atom stereocenters. The number of H-pyrrole nitrogens is 1. The van der Waals surface area contributed by atoms with Crippen LogP contribution in [0.15, 0.2) is 24.4 Å². The minimum Gasteiger partial charge on any atom is -0.383 e. The summed E-state index contributed by atoms with van der Waals surface area (Å²) in [5.41, 5.74) is 2.78. The standard InChI is InChI=1S/C27H34N6O4/c1-26(2,3)33-16-18-14-27(15-21(34)22(18)31-33)7-10-32(11-8-27)25(36)17-5-6-20-19(13-17)23(30-29-20)24(35)28-9-12-37-4/h5-6,13,16H,7-12,14-15H2,1-4H3,(H,28,35)(H,29,30). The van der Waals surface area contributed by atoms with E-state index in [1.54, 1.807) is 25.3 Å². The smallest absolute Gasteiger partial charge is 0.272 e. The van der Waals surface area contributed by atoms with Crippen LogP contribution in [0.25, 0.3) is 10.9 Å². The van der Waals surface area contributed by atoms with E-state index < -0.39 is 0 Å². The number of rotatable bonds is 5. The van der Waals surface area contributed by atoms with Gasteiger partial charge in [-0.05, 0) is 63.6 Å². The molecule has 1 fully saturated rings. The number of amides is 2. The van der Waals surface area contributed by atoms with Crippen molar-refractivity contribution in [2.24, 2.45) is 5.41 Å². The highest BCUT2D eigenvalue weighted by Crippen LogP contribution is 2.43. The molecule has 1 aliphatic carbocycles. The van der Waals surface area contributed by atoms with Gasteiger partial charge in [-0.2, -0.15) is 10.2 Å². The van der Waals surface area contributed by atoms with E-state index in [-0.39, 0.29) is 34.2 Å². The number of nitrogens with one attached hydrogen (secondary N) is 2. The molecule has 10 nitrogen and oxygen atoms in total. The Labute approximate surface area is 215 Å². The van der Waals surface area contributed by atoms with Crippen molar-refractivity contribution in [2.75, 3.05) is 33.4 Å². The number of hydrogen-bond acceptors (Lipinski definition) is 6. The monoisotopic (exact) mass is 506 g/mol. The summed E-state index contributed by atoms with van der Waals surface area (Å²) in [6.07, 6.45) is 4.85. The molecule has 1 aromatic carbocycles. The molecule has 0 radical (unpaired) electrons. The first-order valence-electron chi connectivity index (χ1n) is 12.8. The number of ether oxygens (including phenoxy) is 1. The number of nitrogens with zero attached hydrogens (tertiary/aromatic N) is 4. The second-order valence-corrected chi connectivity index (χ2v) is 11.3. The number of carbonyl (C=O) groups is 3. The van der Waals surface area contributed by atoms with E-state index in [9.17, 15) is 14.4 Å². The number of piperidine rings is 1. The first-order valence-corrected chi connectivity index (χ1v) is 12.8. The molecule has 10 heteroatoms. The second kappa shape index (κ2) is 9.41. The predicted molar refractivity (Wildman–Crippen MR) is 138 cm³/mol. The Morgan fingerprint density at radius 2 is 1.95 bits per heavy atom. The van der Waals surface area contributed by atoms with Gasteiger partial charge in [0.15, 0.2) is 11.5 Å². The van der Waals surface area contributed by atoms with E-state index in [1.165, 1.54) is 0 Å². The van der Waals surface area contributed by atoms with Crippen LogP contribution in [0.5, 0.6) is 0 Å². The lowest BCUT2D eigenvalue weighted by Crippen LogP contribution is -2.46. The summed E-state index contributed by atoms with van der Waals surface area (Å²) in [5.74, 6) is -0.290. The summed E-state index contributed by atoms with van der Waals surface area (Å²) in [4.78, 5) is 40.8. The lowest BCUT2D eigenvalue weighted by molar-refractivity contribution is 0.0519. The van der Waals surface area contributed by atoms with E-state index in [4.69, 9.17) is 4.74 Å². The molecule has 2 aliphatic rings. The number of ketones is 1. The molecule has 1 spiro atoms. The van der Waals surface area contributed by atoms with Crippen LogP contribution >= 0.6 is 0 Å². The molecular formula is C27H34N6O4. The van der Waals surface area contributed by atoms with Gasteiger partial charge in [0.1, 0.15) is 5.69 Å². The van der Waals surface area contributed by atoms with E-state index in [0.717, 1.165) is 24.8 Å². The zero-order valence-electron chi connectivity index (χ0n) is 21.9. The lowest BCUT2D eigenvalue weighted by atomic mass is 9.67. The maximum atomic E-state index is 13.4. The van der Waals surface area contributed by atoms with Crippen LogP contribution in [0, 0.1) is 5.41 Å². The highest BCUT2D eigenvalue weighted by Gasteiger charge is 2.43. The molecule has 2 amide bonds. The summed E-state index contributed by atoms with van der Waals surface area (Å²) in [6, 6.07) is 5.27. The molecule has 37 heavy (non-hydrogen) atoms. The van der Waals surface area contributed by atoms with Gasteiger partial charge in [0.2, 0.25) is 0 Å². The Morgan fingerprint density at radius 1 is 1.19 bits per heavy atom. The van der Waals surface area contributed by atoms with Crippen LogP contribution in [0.3, 0.4) is 0 Å². The quantitative estimate of drug-likeness (QED) is 0.513. The molecule has 0 saturated carbocycles. The Hall–Kier alpha value is -3.53. The molecule has 3 aromatic rings. The van der Waals surface area contributed by atoms with E-state index in [1.807, 2.05) is 15.8 Å². The third-order valence-corrected chi connectivity index (χ3v) is 7.57. The molecule has 1 saturated heterocycles. The maximum absolute atomic E-state index is 13.4. The minimum atomic E-state index is -0.316. The number of fused-ring (bicyclic) bond motifs is 2. The highest BCUT2D eigenvalue weighted by molar-refractivity contribution is 6.07. The molecule has 0 unspecified atom stereocenters. The molecule has 3 heterocycles. The van der Waals surface area contributed by atoms with Gasteiger partial charge >= 0.3 is 0 Å². The van der Waals surface area contributed by atoms with Gasteiger partial charge in [-0.1, -0.05) is 0 Å². The molecule has 5 rings (SSSR count). The lowest BCUT2D eigenvalue weighted by Gasteiger charge is -2.43. The van der Waals surface area contributed by atoms with Crippen molar-refractivity contribution in [3.8, 4) is 0 Å². The number of carbonyl (C=O) groups excluding carboxylic acids is 3. The molecule has 0 bridgehead atoms. The Bertz CT molecular complexity index is 1360. The van der Waals surface area contributed by atoms with Crippen molar-refractivity contribution in [3.05, 3.63) is 46.9 Å². The van der Waals surface area contributed by atoms with Crippen LogP contribution in [-0.4, -0.2) is 75.8 Å². The van der Waals surface area contributed by atoms with Crippen molar-refractivity contribution in [3.63, 3.8) is 0 Å². The van der Waals surface area contributed by atoms with Crippen molar-refractivity contribution in [1.29, 1.82) is 0 Å². The third kappa shape index (κ3) is 4.77. The van der Waals surface area contributed by atoms with Gasteiger partial charge < -0.3 is 15.0 Å². The molecule has 2 N–H and O–H groups in total. The van der Waals surface area contributed by atoms with Crippen LogP contribution in [0.4, 0.5) is 0 Å². The number of methoxy groups -OCH3 is 1. The van der Waals surface area contributed by atoms with Gasteiger partial charge in [0, 0.05) is 55.9 Å². The average Bonchev–Trinajstić information content (AvgIpc) is 3.48. The van der Waals surface area contributed by atoms with Gasteiger partial charge in [0.25, 0.3) is 11.8 Å². The maximum Gasteiger partial charge on any atom is 0.272 e. The zero-order chi connectivity index (χ0) is 26.4. The van der Waals surface area contributed by atoms with Crippen molar-refractivity contribution in [2.45, 2.75) is 52.0 Å². The third-order valence-electron chi connectivity index (χ3n) is 7.57. The molecule has 196 valence electrons. The predicted octanol–water partition coefficient (Wildman–Crippen LogP) is 2.94. The first kappa shape index (κ1) is 25.1. The number of hydrogen-bond donors (Lipinski definition) is 2. The summed E-state index contributed by atoms with van der Waals surface area (Å²) in [7, 11) is 1.57. The van der Waals surface area contributed by atoms with Gasteiger partial charge in [-0.25, -0.2) is 0 Å². The number of aromatic nitrogens is 4. The minimum absolute atomic E-state index is 0.0768. The number of likely N-dealkylation sites (tertiary alicyclic amines) is 1.